The number of ether oxygens (including phenoxy) is 1. The van der Waals surface area contributed by atoms with Crippen molar-refractivity contribution in [3.8, 4) is 5.75 Å². The third-order valence-corrected chi connectivity index (χ3v) is 2.72. The fraction of sp³-hybridized carbons (Fsp3) is 0.385. The third-order valence-electron chi connectivity index (χ3n) is 2.72. The van der Waals surface area contributed by atoms with Crippen LogP contribution in [0.3, 0.4) is 0 Å². The number of nitrogens with zero attached hydrogens (tertiary/aromatic N) is 2. The van der Waals surface area contributed by atoms with Crippen LogP contribution in [0, 0.1) is 6.92 Å². The molecule has 0 saturated heterocycles. The Bertz CT molecular complexity index is 540. The van der Waals surface area contributed by atoms with Crippen LogP contribution in [0.25, 0.3) is 10.9 Å². The zero-order valence-electron chi connectivity index (χ0n) is 10.2. The molecule has 1 heterocycles. The smallest absolute Gasteiger partial charge is 0.228 e. The van der Waals surface area contributed by atoms with Gasteiger partial charge in [0.1, 0.15) is 12.1 Å². The first kappa shape index (κ1) is 11.8. The van der Waals surface area contributed by atoms with Gasteiger partial charge >= 0.3 is 0 Å². The molecule has 4 heteroatoms. The lowest BCUT2D eigenvalue weighted by molar-refractivity contribution is 0.191. The van der Waals surface area contributed by atoms with E-state index in [0.29, 0.717) is 11.7 Å². The first-order valence-electron chi connectivity index (χ1n) is 5.57. The van der Waals surface area contributed by atoms with E-state index >= 15 is 0 Å². The summed E-state index contributed by atoms with van der Waals surface area (Å²) in [5, 5.41) is 0.927. The van der Waals surface area contributed by atoms with Crippen molar-refractivity contribution in [2.75, 3.05) is 6.86 Å². The molecule has 0 aliphatic heterocycles. The Labute approximate surface area is 99.7 Å². The maximum atomic E-state index is 12.3. The summed E-state index contributed by atoms with van der Waals surface area (Å²) in [5.41, 5.74) is 2.70. The van der Waals surface area contributed by atoms with E-state index in [-0.39, 0.29) is 0 Å². The van der Waals surface area contributed by atoms with E-state index < -0.39 is 6.86 Å². The van der Waals surface area contributed by atoms with Crippen molar-refractivity contribution in [1.82, 2.24) is 9.97 Å². The van der Waals surface area contributed by atoms with Crippen LogP contribution < -0.4 is 4.74 Å². The lowest BCUT2D eigenvalue weighted by Gasteiger charge is -2.11. The highest BCUT2D eigenvalue weighted by atomic mass is 19.1. The largest absolute Gasteiger partial charge is 0.463 e. The fourth-order valence-electron chi connectivity index (χ4n) is 1.88. The van der Waals surface area contributed by atoms with E-state index in [4.69, 9.17) is 4.74 Å². The Morgan fingerprint density at radius 1 is 1.29 bits per heavy atom. The van der Waals surface area contributed by atoms with Crippen LogP contribution in [-0.2, 0) is 0 Å². The molecule has 1 aromatic carbocycles. The molecule has 3 nitrogen and oxygen atoms in total. The summed E-state index contributed by atoms with van der Waals surface area (Å²) in [6.45, 7) is 5.19. The summed E-state index contributed by atoms with van der Waals surface area (Å²) in [6, 6.07) is 3.72. The van der Waals surface area contributed by atoms with Gasteiger partial charge in [-0.15, -0.1) is 0 Å². The number of hydrogen-bond acceptors (Lipinski definition) is 3. The Kier molecular flexibility index (Phi) is 3.22. The van der Waals surface area contributed by atoms with Gasteiger partial charge in [-0.25, -0.2) is 14.4 Å². The van der Waals surface area contributed by atoms with Crippen molar-refractivity contribution in [2.45, 2.75) is 26.7 Å². The van der Waals surface area contributed by atoms with Crippen molar-refractivity contribution in [1.29, 1.82) is 0 Å². The fourth-order valence-corrected chi connectivity index (χ4v) is 1.88. The zero-order valence-corrected chi connectivity index (χ0v) is 10.2. The minimum Gasteiger partial charge on any atom is -0.463 e. The van der Waals surface area contributed by atoms with Gasteiger partial charge in [-0.05, 0) is 30.5 Å². The van der Waals surface area contributed by atoms with Crippen LogP contribution in [0.2, 0.25) is 0 Å². The Morgan fingerprint density at radius 2 is 2.06 bits per heavy atom. The quantitative estimate of drug-likeness (QED) is 0.816. The maximum absolute atomic E-state index is 12.3. The van der Waals surface area contributed by atoms with Gasteiger partial charge in [0.05, 0.1) is 11.2 Å². The summed E-state index contributed by atoms with van der Waals surface area (Å²) in [4.78, 5) is 8.50. The number of fused-ring (bicyclic) bond motifs is 1. The van der Waals surface area contributed by atoms with Crippen molar-refractivity contribution in [3.05, 3.63) is 29.7 Å². The molecule has 0 aliphatic rings. The maximum Gasteiger partial charge on any atom is 0.228 e. The lowest BCUT2D eigenvalue weighted by Crippen LogP contribution is -1.98. The highest BCUT2D eigenvalue weighted by Crippen LogP contribution is 2.28. The average Bonchev–Trinajstić information content (AvgIpc) is 2.29. The molecule has 1 aromatic heterocycles. The van der Waals surface area contributed by atoms with E-state index in [1.165, 1.54) is 0 Å². The van der Waals surface area contributed by atoms with Crippen LogP contribution in [0.5, 0.6) is 5.75 Å². The Hall–Kier alpha value is -1.71. The summed E-state index contributed by atoms with van der Waals surface area (Å²) < 4.78 is 17.2. The molecule has 2 aromatic rings. The Morgan fingerprint density at radius 3 is 2.71 bits per heavy atom. The van der Waals surface area contributed by atoms with Gasteiger partial charge in [0.15, 0.2) is 0 Å². The number of rotatable bonds is 3. The van der Waals surface area contributed by atoms with Gasteiger partial charge in [0.25, 0.3) is 0 Å². The van der Waals surface area contributed by atoms with Gasteiger partial charge in [-0.3, -0.25) is 0 Å². The molecule has 0 saturated carbocycles. The van der Waals surface area contributed by atoms with E-state index in [1.54, 1.807) is 6.33 Å². The second-order valence-corrected chi connectivity index (χ2v) is 4.30. The van der Waals surface area contributed by atoms with Crippen LogP contribution in [0.1, 0.15) is 31.0 Å². The van der Waals surface area contributed by atoms with Crippen molar-refractivity contribution in [2.24, 2.45) is 0 Å². The predicted molar refractivity (Wildman–Crippen MR) is 65.0 cm³/mol. The molecule has 0 aliphatic carbocycles. The van der Waals surface area contributed by atoms with Crippen LogP contribution in [0.15, 0.2) is 18.5 Å². The first-order valence-corrected chi connectivity index (χ1v) is 5.57. The Balaban J connectivity index is 2.67. The summed E-state index contributed by atoms with van der Waals surface area (Å²) in [7, 11) is 0. The monoisotopic (exact) mass is 234 g/mol. The third kappa shape index (κ3) is 2.20. The minimum absolute atomic E-state index is 0.293. The zero-order chi connectivity index (χ0) is 12.4. The van der Waals surface area contributed by atoms with Crippen LogP contribution in [0.4, 0.5) is 4.39 Å². The molecule has 0 N–H and O–H groups in total. The second-order valence-electron chi connectivity index (χ2n) is 4.30. The summed E-state index contributed by atoms with van der Waals surface area (Å²) >= 11 is 0. The topological polar surface area (TPSA) is 35.0 Å². The predicted octanol–water partition coefficient (Wildman–Crippen LogP) is 3.37. The molecule has 0 amide bonds. The van der Waals surface area contributed by atoms with Gasteiger partial charge in [-0.1, -0.05) is 13.8 Å². The molecule has 17 heavy (non-hydrogen) atoms. The molecule has 0 spiro atoms. The van der Waals surface area contributed by atoms with E-state index in [2.05, 4.69) is 23.8 Å². The molecular weight excluding hydrogens is 219 g/mol. The number of hydrogen-bond donors (Lipinski definition) is 0. The molecule has 0 radical (unpaired) electrons. The SMILES string of the molecule is Cc1cc2ncnc(C(C)C)c2cc1OCF. The van der Waals surface area contributed by atoms with Gasteiger partial charge in [0, 0.05) is 5.39 Å². The van der Waals surface area contributed by atoms with Gasteiger partial charge < -0.3 is 4.74 Å². The highest BCUT2D eigenvalue weighted by molar-refractivity contribution is 5.83. The molecule has 0 bridgehead atoms. The molecule has 90 valence electrons. The summed E-state index contributed by atoms with van der Waals surface area (Å²) in [5.74, 6) is 0.845. The van der Waals surface area contributed by atoms with Crippen molar-refractivity contribution in [3.63, 3.8) is 0 Å². The van der Waals surface area contributed by atoms with E-state index in [1.807, 2.05) is 19.1 Å². The molecule has 2 rings (SSSR count). The molecular formula is C13H15FN2O. The normalized spacial score (nSPS) is 11.1. The first-order chi connectivity index (χ1) is 8.13. The van der Waals surface area contributed by atoms with Crippen molar-refractivity contribution < 1.29 is 9.13 Å². The average molecular weight is 234 g/mol. The van der Waals surface area contributed by atoms with E-state index in [9.17, 15) is 4.39 Å². The van der Waals surface area contributed by atoms with E-state index in [0.717, 1.165) is 22.2 Å². The number of halogens is 1. The number of aromatic nitrogens is 2. The standard InChI is InChI=1S/C13H15FN2O/c1-8(2)13-10-5-12(17-6-14)9(3)4-11(10)15-7-16-13/h4-5,7-8H,6H2,1-3H3. The molecule has 0 fully saturated rings. The minimum atomic E-state index is -0.822. The summed E-state index contributed by atoms with van der Waals surface area (Å²) in [6.07, 6.45) is 1.56. The van der Waals surface area contributed by atoms with Crippen LogP contribution in [-0.4, -0.2) is 16.8 Å². The lowest BCUT2D eigenvalue weighted by atomic mass is 10.0. The molecule has 0 unspecified atom stereocenters. The number of benzene rings is 1. The van der Waals surface area contributed by atoms with Gasteiger partial charge in [-0.2, -0.15) is 0 Å². The van der Waals surface area contributed by atoms with Gasteiger partial charge in [0.2, 0.25) is 6.86 Å². The second kappa shape index (κ2) is 4.65. The van der Waals surface area contributed by atoms with Crippen molar-refractivity contribution >= 4 is 10.9 Å². The van der Waals surface area contributed by atoms with Crippen LogP contribution >= 0.6 is 0 Å². The number of aryl methyl sites for hydroxylation is 1. The number of alkyl halides is 1. The molecule has 0 atom stereocenters. The highest BCUT2D eigenvalue weighted by Gasteiger charge is 2.10.